The summed E-state index contributed by atoms with van der Waals surface area (Å²) in [6, 6.07) is 18.8. The Labute approximate surface area is 181 Å². The summed E-state index contributed by atoms with van der Waals surface area (Å²) in [5.74, 6) is -0.510. The molecule has 5 nitrogen and oxygen atoms in total. The molecule has 0 saturated carbocycles. The van der Waals surface area contributed by atoms with E-state index in [0.29, 0.717) is 17.9 Å². The Balaban J connectivity index is 1.79. The lowest BCUT2D eigenvalue weighted by atomic mass is 10.1. The summed E-state index contributed by atoms with van der Waals surface area (Å²) in [7, 11) is 0. The van der Waals surface area contributed by atoms with Crippen LogP contribution in [-0.2, 0) is 16.1 Å². The van der Waals surface area contributed by atoms with Crippen LogP contribution in [0.3, 0.4) is 0 Å². The summed E-state index contributed by atoms with van der Waals surface area (Å²) in [5, 5.41) is 4.70. The van der Waals surface area contributed by atoms with Crippen LogP contribution in [0.5, 0.6) is 5.75 Å². The molecule has 0 fully saturated rings. The number of rotatable bonds is 9. The molecule has 162 valence electrons. The molecule has 0 radical (unpaired) electrons. The number of ether oxygens (including phenoxy) is 1. The lowest BCUT2D eigenvalue weighted by Gasteiger charge is -2.29. The Morgan fingerprint density at radius 2 is 1.74 bits per heavy atom. The number of carbonyl (C=O) groups excluding carboxylic acids is 2. The Morgan fingerprint density at radius 1 is 1.03 bits per heavy atom. The molecule has 0 saturated heterocycles. The standard InChI is InChI=1S/C25H27FN2O3/c1-3-15-27-25(30)18(2)28(16-20-10-5-7-13-22(20)26)24(29)17-31-23-14-8-11-19-9-4-6-12-21(19)23/h4-14,18H,3,15-17H2,1-2H3,(H,27,30)/t18-/m0/s1. The van der Waals surface area contributed by atoms with Gasteiger partial charge in [0.05, 0.1) is 0 Å². The minimum atomic E-state index is -0.769. The third-order valence-electron chi connectivity index (χ3n) is 5.12. The van der Waals surface area contributed by atoms with E-state index in [9.17, 15) is 14.0 Å². The molecular formula is C25H27FN2O3. The fourth-order valence-electron chi connectivity index (χ4n) is 3.33. The second-order valence-corrected chi connectivity index (χ2v) is 7.35. The second-order valence-electron chi connectivity index (χ2n) is 7.35. The van der Waals surface area contributed by atoms with E-state index >= 15 is 0 Å². The Hall–Kier alpha value is -3.41. The molecule has 3 aromatic carbocycles. The van der Waals surface area contributed by atoms with Crippen LogP contribution in [0.25, 0.3) is 10.8 Å². The highest BCUT2D eigenvalue weighted by Gasteiger charge is 2.27. The van der Waals surface area contributed by atoms with E-state index in [0.717, 1.165) is 17.2 Å². The second kappa shape index (κ2) is 10.6. The minimum Gasteiger partial charge on any atom is -0.483 e. The molecular weight excluding hydrogens is 395 g/mol. The van der Waals surface area contributed by atoms with Crippen molar-refractivity contribution in [3.05, 3.63) is 78.1 Å². The van der Waals surface area contributed by atoms with Gasteiger partial charge in [-0.3, -0.25) is 9.59 Å². The molecule has 0 aliphatic carbocycles. The highest BCUT2D eigenvalue weighted by Crippen LogP contribution is 2.25. The van der Waals surface area contributed by atoms with Gasteiger partial charge in [-0.1, -0.05) is 61.5 Å². The highest BCUT2D eigenvalue weighted by molar-refractivity contribution is 5.90. The number of amides is 2. The van der Waals surface area contributed by atoms with Gasteiger partial charge >= 0.3 is 0 Å². The summed E-state index contributed by atoms with van der Waals surface area (Å²) < 4.78 is 20.1. The number of hydrogen-bond acceptors (Lipinski definition) is 3. The van der Waals surface area contributed by atoms with Crippen LogP contribution >= 0.6 is 0 Å². The van der Waals surface area contributed by atoms with Crippen LogP contribution in [0.15, 0.2) is 66.7 Å². The van der Waals surface area contributed by atoms with Crippen molar-refractivity contribution in [2.24, 2.45) is 0 Å². The molecule has 3 rings (SSSR count). The van der Waals surface area contributed by atoms with Crippen molar-refractivity contribution in [2.75, 3.05) is 13.2 Å². The molecule has 0 aliphatic rings. The average Bonchev–Trinajstić information content (AvgIpc) is 2.80. The number of hydrogen-bond donors (Lipinski definition) is 1. The smallest absolute Gasteiger partial charge is 0.261 e. The quantitative estimate of drug-likeness (QED) is 0.559. The first-order valence-corrected chi connectivity index (χ1v) is 10.4. The van der Waals surface area contributed by atoms with Crippen LogP contribution in [0, 0.1) is 5.82 Å². The molecule has 0 aliphatic heterocycles. The zero-order chi connectivity index (χ0) is 22.2. The lowest BCUT2D eigenvalue weighted by Crippen LogP contribution is -2.49. The molecule has 0 aromatic heterocycles. The zero-order valence-corrected chi connectivity index (χ0v) is 17.8. The summed E-state index contributed by atoms with van der Waals surface area (Å²) in [6.45, 7) is 3.82. The number of nitrogens with one attached hydrogen (secondary N) is 1. The van der Waals surface area contributed by atoms with Gasteiger partial charge in [-0.15, -0.1) is 0 Å². The van der Waals surface area contributed by atoms with E-state index in [4.69, 9.17) is 4.74 Å². The van der Waals surface area contributed by atoms with E-state index < -0.39 is 17.8 Å². The first-order chi connectivity index (χ1) is 15.0. The molecule has 0 heterocycles. The molecule has 6 heteroatoms. The molecule has 0 unspecified atom stereocenters. The van der Waals surface area contributed by atoms with Gasteiger partial charge in [0.15, 0.2) is 6.61 Å². The first kappa shape index (κ1) is 22.3. The predicted octanol–water partition coefficient (Wildman–Crippen LogP) is 4.30. The zero-order valence-electron chi connectivity index (χ0n) is 17.8. The van der Waals surface area contributed by atoms with Gasteiger partial charge in [0.25, 0.3) is 5.91 Å². The maximum Gasteiger partial charge on any atom is 0.261 e. The number of nitrogens with zero attached hydrogens (tertiary/aromatic N) is 1. The van der Waals surface area contributed by atoms with Crippen LogP contribution in [0.2, 0.25) is 0 Å². The van der Waals surface area contributed by atoms with Crippen molar-refractivity contribution >= 4 is 22.6 Å². The maximum atomic E-state index is 14.2. The Morgan fingerprint density at radius 3 is 2.52 bits per heavy atom. The van der Waals surface area contributed by atoms with E-state index in [-0.39, 0.29) is 19.1 Å². The lowest BCUT2D eigenvalue weighted by molar-refractivity contribution is -0.142. The molecule has 2 amide bonds. The third kappa shape index (κ3) is 5.60. The summed E-state index contributed by atoms with van der Waals surface area (Å²) in [5.41, 5.74) is 0.344. The third-order valence-corrected chi connectivity index (χ3v) is 5.12. The van der Waals surface area contributed by atoms with Gasteiger partial charge in [0, 0.05) is 24.0 Å². The topological polar surface area (TPSA) is 58.6 Å². The van der Waals surface area contributed by atoms with Crippen LogP contribution in [-0.4, -0.2) is 35.9 Å². The normalized spacial score (nSPS) is 11.7. The van der Waals surface area contributed by atoms with Crippen molar-refractivity contribution in [3.63, 3.8) is 0 Å². The Bertz CT molecular complexity index is 1050. The van der Waals surface area contributed by atoms with Gasteiger partial charge < -0.3 is 15.0 Å². The summed E-state index contributed by atoms with van der Waals surface area (Å²) in [6.07, 6.45) is 0.782. The number of halogens is 1. The van der Waals surface area contributed by atoms with Crippen molar-refractivity contribution < 1.29 is 18.7 Å². The predicted molar refractivity (Wildman–Crippen MR) is 119 cm³/mol. The Kier molecular flexibility index (Phi) is 7.60. The van der Waals surface area contributed by atoms with Gasteiger partial charge in [-0.05, 0) is 30.9 Å². The largest absolute Gasteiger partial charge is 0.483 e. The highest BCUT2D eigenvalue weighted by atomic mass is 19.1. The maximum absolute atomic E-state index is 14.2. The summed E-state index contributed by atoms with van der Waals surface area (Å²) >= 11 is 0. The van der Waals surface area contributed by atoms with E-state index in [2.05, 4.69) is 5.32 Å². The van der Waals surface area contributed by atoms with Crippen molar-refractivity contribution in [1.82, 2.24) is 10.2 Å². The number of benzene rings is 3. The number of fused-ring (bicyclic) bond motifs is 1. The monoisotopic (exact) mass is 422 g/mol. The minimum absolute atomic E-state index is 0.0227. The molecule has 3 aromatic rings. The van der Waals surface area contributed by atoms with Crippen molar-refractivity contribution in [2.45, 2.75) is 32.9 Å². The van der Waals surface area contributed by atoms with Gasteiger partial charge in [-0.25, -0.2) is 4.39 Å². The molecule has 0 spiro atoms. The molecule has 31 heavy (non-hydrogen) atoms. The van der Waals surface area contributed by atoms with Gasteiger partial charge in [0.1, 0.15) is 17.6 Å². The molecule has 1 atom stereocenters. The SMILES string of the molecule is CCCNC(=O)[C@H](C)N(Cc1ccccc1F)C(=O)COc1cccc2ccccc12. The number of carbonyl (C=O) groups is 2. The van der Waals surface area contributed by atoms with Crippen molar-refractivity contribution in [3.8, 4) is 5.75 Å². The molecule has 1 N–H and O–H groups in total. The fourth-order valence-corrected chi connectivity index (χ4v) is 3.33. The van der Waals surface area contributed by atoms with Gasteiger partial charge in [0.2, 0.25) is 5.91 Å². The fraction of sp³-hybridized carbons (Fsp3) is 0.280. The average molecular weight is 423 g/mol. The first-order valence-electron chi connectivity index (χ1n) is 10.4. The van der Waals surface area contributed by atoms with Crippen LogP contribution < -0.4 is 10.1 Å². The van der Waals surface area contributed by atoms with Crippen LogP contribution in [0.1, 0.15) is 25.8 Å². The summed E-state index contributed by atoms with van der Waals surface area (Å²) in [4.78, 5) is 27.0. The van der Waals surface area contributed by atoms with Gasteiger partial charge in [-0.2, -0.15) is 0 Å². The van der Waals surface area contributed by atoms with E-state index in [1.54, 1.807) is 31.2 Å². The van der Waals surface area contributed by atoms with Crippen molar-refractivity contribution in [1.29, 1.82) is 0 Å². The molecule has 0 bridgehead atoms. The van der Waals surface area contributed by atoms with E-state index in [1.807, 2.05) is 43.3 Å². The van der Waals surface area contributed by atoms with E-state index in [1.165, 1.54) is 11.0 Å². The van der Waals surface area contributed by atoms with Crippen LogP contribution in [0.4, 0.5) is 4.39 Å².